The minimum atomic E-state index is -0.867. The predicted molar refractivity (Wildman–Crippen MR) is 60.8 cm³/mol. The van der Waals surface area contributed by atoms with E-state index < -0.39 is 16.4 Å². The van der Waals surface area contributed by atoms with E-state index in [9.17, 15) is 19.3 Å². The lowest BCUT2D eigenvalue weighted by Crippen LogP contribution is -2.19. The van der Waals surface area contributed by atoms with Crippen LogP contribution in [0.25, 0.3) is 6.08 Å². The molecule has 0 aliphatic carbocycles. The van der Waals surface area contributed by atoms with Crippen molar-refractivity contribution in [3.63, 3.8) is 0 Å². The average molecular weight is 238 g/mol. The molecule has 5 nitrogen and oxygen atoms in total. The van der Waals surface area contributed by atoms with Crippen molar-refractivity contribution in [3.8, 4) is 0 Å². The number of nitrogens with zero attached hydrogens (tertiary/aromatic N) is 1. The fraction of sp³-hybridized carbons (Fsp3) is 0.182. The van der Waals surface area contributed by atoms with Crippen molar-refractivity contribution in [1.82, 2.24) is 5.32 Å². The average Bonchev–Trinajstić information content (AvgIpc) is 2.25. The number of hydrogen-bond donors (Lipinski definition) is 1. The van der Waals surface area contributed by atoms with Crippen molar-refractivity contribution in [2.45, 2.75) is 6.92 Å². The standard InChI is InChI=1S/C11H11FN2O3/c1-8(15)13-6-2-3-9-4-5-10(12)11(7-9)14(16)17/h2-5,7H,6H2,1H3,(H,13,15). The van der Waals surface area contributed by atoms with Gasteiger partial charge in [-0.15, -0.1) is 0 Å². The molecule has 1 amide bonds. The van der Waals surface area contributed by atoms with E-state index in [1.165, 1.54) is 13.0 Å². The summed E-state index contributed by atoms with van der Waals surface area (Å²) in [6, 6.07) is 3.60. The highest BCUT2D eigenvalue weighted by molar-refractivity contribution is 5.73. The second-order valence-corrected chi connectivity index (χ2v) is 3.31. The molecule has 0 aromatic heterocycles. The number of rotatable bonds is 4. The van der Waals surface area contributed by atoms with Gasteiger partial charge in [0.1, 0.15) is 0 Å². The summed E-state index contributed by atoms with van der Waals surface area (Å²) in [5.41, 5.74) is -0.0601. The molecule has 0 aliphatic heterocycles. The minimum Gasteiger partial charge on any atom is -0.353 e. The maximum atomic E-state index is 13.0. The van der Waals surface area contributed by atoms with Crippen LogP contribution in [0.15, 0.2) is 24.3 Å². The van der Waals surface area contributed by atoms with Gasteiger partial charge in [0.2, 0.25) is 11.7 Å². The molecular weight excluding hydrogens is 227 g/mol. The molecule has 1 rings (SSSR count). The Morgan fingerprint density at radius 1 is 1.59 bits per heavy atom. The van der Waals surface area contributed by atoms with Gasteiger partial charge in [-0.05, 0) is 11.6 Å². The van der Waals surface area contributed by atoms with Gasteiger partial charge in [0, 0.05) is 19.5 Å². The molecule has 90 valence electrons. The second-order valence-electron chi connectivity index (χ2n) is 3.31. The molecule has 0 aliphatic rings. The number of halogens is 1. The largest absolute Gasteiger partial charge is 0.353 e. The summed E-state index contributed by atoms with van der Waals surface area (Å²) in [6.45, 7) is 1.71. The maximum absolute atomic E-state index is 13.0. The van der Waals surface area contributed by atoms with E-state index in [0.717, 1.165) is 12.1 Å². The van der Waals surface area contributed by atoms with Crippen LogP contribution in [0.3, 0.4) is 0 Å². The zero-order chi connectivity index (χ0) is 12.8. The molecule has 1 aromatic carbocycles. The van der Waals surface area contributed by atoms with Crippen molar-refractivity contribution in [2.75, 3.05) is 6.54 Å². The number of nitro groups is 1. The fourth-order valence-electron chi connectivity index (χ4n) is 1.17. The number of carbonyl (C=O) groups excluding carboxylic acids is 1. The number of nitro benzene ring substituents is 1. The summed E-state index contributed by atoms with van der Waals surface area (Å²) in [7, 11) is 0. The SMILES string of the molecule is CC(=O)NCC=Cc1ccc(F)c([N+](=O)[O-])c1. The summed E-state index contributed by atoms with van der Waals surface area (Å²) in [4.78, 5) is 20.3. The molecule has 0 fully saturated rings. The van der Waals surface area contributed by atoms with Crippen LogP contribution in [0.1, 0.15) is 12.5 Å². The van der Waals surface area contributed by atoms with Gasteiger partial charge in [0.05, 0.1) is 4.92 Å². The Hall–Kier alpha value is -2.24. The van der Waals surface area contributed by atoms with Crippen LogP contribution in [0.4, 0.5) is 10.1 Å². The van der Waals surface area contributed by atoms with Crippen LogP contribution in [0, 0.1) is 15.9 Å². The highest BCUT2D eigenvalue weighted by Gasteiger charge is 2.12. The van der Waals surface area contributed by atoms with Crippen molar-refractivity contribution < 1.29 is 14.1 Å². The van der Waals surface area contributed by atoms with Gasteiger partial charge in [-0.2, -0.15) is 4.39 Å². The van der Waals surface area contributed by atoms with E-state index in [0.29, 0.717) is 12.1 Å². The Morgan fingerprint density at radius 3 is 2.88 bits per heavy atom. The summed E-state index contributed by atoms with van der Waals surface area (Å²) in [5, 5.41) is 13.0. The monoisotopic (exact) mass is 238 g/mol. The van der Waals surface area contributed by atoms with E-state index in [1.54, 1.807) is 12.2 Å². The van der Waals surface area contributed by atoms with Crippen LogP contribution in [-0.4, -0.2) is 17.4 Å². The Morgan fingerprint density at radius 2 is 2.29 bits per heavy atom. The van der Waals surface area contributed by atoms with E-state index in [1.807, 2.05) is 0 Å². The normalized spacial score (nSPS) is 10.5. The Balaban J connectivity index is 2.75. The number of nitrogens with one attached hydrogen (secondary N) is 1. The maximum Gasteiger partial charge on any atom is 0.305 e. The number of carbonyl (C=O) groups is 1. The van der Waals surface area contributed by atoms with Crippen molar-refractivity contribution in [3.05, 3.63) is 45.8 Å². The Labute approximate surface area is 97.1 Å². The van der Waals surface area contributed by atoms with Crippen molar-refractivity contribution >= 4 is 17.7 Å². The number of benzene rings is 1. The van der Waals surface area contributed by atoms with E-state index in [4.69, 9.17) is 0 Å². The van der Waals surface area contributed by atoms with Crippen LogP contribution >= 0.6 is 0 Å². The van der Waals surface area contributed by atoms with Gasteiger partial charge in [-0.1, -0.05) is 18.2 Å². The first-order chi connectivity index (χ1) is 8.00. The third kappa shape index (κ3) is 4.02. The van der Waals surface area contributed by atoms with Crippen LogP contribution in [-0.2, 0) is 4.79 Å². The van der Waals surface area contributed by atoms with Crippen molar-refractivity contribution in [1.29, 1.82) is 0 Å². The Kier molecular flexibility index (Phi) is 4.33. The lowest BCUT2D eigenvalue weighted by molar-refractivity contribution is -0.387. The Bertz CT molecular complexity index is 472. The quantitative estimate of drug-likeness (QED) is 0.643. The van der Waals surface area contributed by atoms with Gasteiger partial charge in [-0.3, -0.25) is 14.9 Å². The van der Waals surface area contributed by atoms with Gasteiger partial charge in [0.15, 0.2) is 0 Å². The first-order valence-electron chi connectivity index (χ1n) is 4.85. The summed E-state index contributed by atoms with van der Waals surface area (Å²) >= 11 is 0. The van der Waals surface area contributed by atoms with Crippen molar-refractivity contribution in [2.24, 2.45) is 0 Å². The lowest BCUT2D eigenvalue weighted by atomic mass is 10.2. The molecule has 1 aromatic rings. The molecule has 6 heteroatoms. The minimum absolute atomic E-state index is 0.167. The molecule has 1 N–H and O–H groups in total. The number of hydrogen-bond acceptors (Lipinski definition) is 3. The summed E-state index contributed by atoms with van der Waals surface area (Å²) in [6.07, 6.45) is 3.20. The summed E-state index contributed by atoms with van der Waals surface area (Å²) < 4.78 is 13.0. The van der Waals surface area contributed by atoms with E-state index in [2.05, 4.69) is 5.32 Å². The highest BCUT2D eigenvalue weighted by atomic mass is 19.1. The van der Waals surface area contributed by atoms with Gasteiger partial charge in [0.25, 0.3) is 0 Å². The zero-order valence-corrected chi connectivity index (χ0v) is 9.14. The molecule has 0 radical (unpaired) electrons. The van der Waals surface area contributed by atoms with Crippen LogP contribution < -0.4 is 5.32 Å². The zero-order valence-electron chi connectivity index (χ0n) is 9.14. The summed E-state index contributed by atoms with van der Waals surface area (Å²) in [5.74, 6) is -1.03. The van der Waals surface area contributed by atoms with Gasteiger partial charge in [-0.25, -0.2) is 0 Å². The first kappa shape index (κ1) is 12.8. The molecule has 0 bridgehead atoms. The molecular formula is C11H11FN2O3. The number of amides is 1. The second kappa shape index (κ2) is 5.74. The van der Waals surface area contributed by atoms with E-state index in [-0.39, 0.29) is 5.91 Å². The van der Waals surface area contributed by atoms with E-state index >= 15 is 0 Å². The molecule has 17 heavy (non-hydrogen) atoms. The van der Waals surface area contributed by atoms with Gasteiger partial charge < -0.3 is 5.32 Å². The fourth-order valence-corrected chi connectivity index (χ4v) is 1.17. The molecule has 0 atom stereocenters. The predicted octanol–water partition coefficient (Wildman–Crippen LogP) is 1.88. The van der Waals surface area contributed by atoms with Crippen LogP contribution in [0.2, 0.25) is 0 Å². The van der Waals surface area contributed by atoms with Gasteiger partial charge >= 0.3 is 5.69 Å². The van der Waals surface area contributed by atoms with Crippen LogP contribution in [0.5, 0.6) is 0 Å². The third-order valence-electron chi connectivity index (χ3n) is 1.95. The highest BCUT2D eigenvalue weighted by Crippen LogP contribution is 2.19. The lowest BCUT2D eigenvalue weighted by Gasteiger charge is -1.97. The molecule has 0 saturated heterocycles. The smallest absolute Gasteiger partial charge is 0.305 e. The molecule has 0 heterocycles. The topological polar surface area (TPSA) is 72.2 Å². The first-order valence-corrected chi connectivity index (χ1v) is 4.85. The molecule has 0 spiro atoms. The molecule has 0 saturated carbocycles. The third-order valence-corrected chi connectivity index (χ3v) is 1.95. The molecule has 0 unspecified atom stereocenters.